The first-order valence-electron chi connectivity index (χ1n) is 29.4. The number of allylic oxidation sites excluding steroid dienone is 7. The van der Waals surface area contributed by atoms with E-state index in [1.54, 1.807) is 6.08 Å². The summed E-state index contributed by atoms with van der Waals surface area (Å²) in [6, 6.07) is -0.762. The number of hydrogen-bond donors (Lipinski definition) is 4. The lowest BCUT2D eigenvalue weighted by Gasteiger charge is -2.21. The summed E-state index contributed by atoms with van der Waals surface area (Å²) in [6.07, 6.45) is 74.6. The molecule has 0 rings (SSSR count). The van der Waals surface area contributed by atoms with Gasteiger partial charge in [-0.1, -0.05) is 287 Å². The molecule has 0 aromatic heterocycles. The Bertz CT molecular complexity index is 1070. The maximum atomic E-state index is 12.5. The van der Waals surface area contributed by atoms with Gasteiger partial charge in [0.15, 0.2) is 0 Å². The fourth-order valence-corrected chi connectivity index (χ4v) is 9.10. The minimum Gasteiger partial charge on any atom is -0.394 e. The number of nitrogens with one attached hydrogen (secondary N) is 1. The van der Waals surface area contributed by atoms with Crippen LogP contribution in [0.2, 0.25) is 0 Å². The van der Waals surface area contributed by atoms with Crippen LogP contribution in [0.4, 0.5) is 0 Å². The summed E-state index contributed by atoms with van der Waals surface area (Å²) in [6.45, 7) is 4.22. The van der Waals surface area contributed by atoms with Crippen LogP contribution in [-0.4, -0.2) is 46.1 Å². The minimum atomic E-state index is -0.953. The molecule has 0 bridgehead atoms. The summed E-state index contributed by atoms with van der Waals surface area (Å²) >= 11 is 0. The molecule has 4 N–H and O–H groups in total. The van der Waals surface area contributed by atoms with Gasteiger partial charge in [0.2, 0.25) is 5.91 Å². The van der Waals surface area contributed by atoms with E-state index in [2.05, 4.69) is 55.6 Å². The lowest BCUT2D eigenvalue weighted by Crippen LogP contribution is -2.45. The normalized spacial score (nSPS) is 13.6. The molecule has 1 amide bonds. The Morgan fingerprint density at radius 2 is 0.697 bits per heavy atom. The second kappa shape index (κ2) is 55.9. The third-order valence-electron chi connectivity index (χ3n) is 13.6. The van der Waals surface area contributed by atoms with E-state index in [0.29, 0.717) is 6.42 Å². The molecule has 0 aromatic carbocycles. The second-order valence-electron chi connectivity index (χ2n) is 20.2. The van der Waals surface area contributed by atoms with Gasteiger partial charge in [0.1, 0.15) is 0 Å². The molecule has 0 spiro atoms. The fraction of sp³-hybridized carbons (Fsp3) is 0.852. The van der Waals surface area contributed by atoms with Crippen molar-refractivity contribution in [2.24, 2.45) is 0 Å². The SMILES string of the molecule is CCCCCCCCCCCC/C=C/CC/C=C/C(O)C(CO)NC(=O)CC(O)CCCCCCCCCCCCCCCCC/C=C\C/C=C\CCCCCCCCCCCCCCC. The number of aliphatic hydroxyl groups excluding tert-OH is 3. The highest BCUT2D eigenvalue weighted by Gasteiger charge is 2.20. The standard InChI is InChI=1S/C61H115NO4/c1-3-5-7-9-11-13-15-17-19-21-22-23-24-25-26-27-28-29-30-31-32-33-34-35-36-37-38-39-40-42-44-46-48-50-52-54-58(64)56-61(66)62-59(57-63)60(65)55-53-51-49-47-45-43-41-20-18-16-14-12-10-8-6-4-2/h26-27,29-30,45,47,53,55,58-60,63-65H,3-25,28,31-44,46,48-52,54,56-57H2,1-2H3,(H,62,66)/b27-26-,30-29-,47-45+,55-53+. The van der Waals surface area contributed by atoms with Crippen molar-refractivity contribution in [2.75, 3.05) is 6.61 Å². The molecule has 3 atom stereocenters. The molecule has 3 unspecified atom stereocenters. The first-order valence-corrected chi connectivity index (χ1v) is 29.4. The van der Waals surface area contributed by atoms with E-state index in [0.717, 1.165) is 38.5 Å². The number of amides is 1. The zero-order chi connectivity index (χ0) is 47.9. The summed E-state index contributed by atoms with van der Waals surface area (Å²) in [4.78, 5) is 12.5. The maximum absolute atomic E-state index is 12.5. The third kappa shape index (κ3) is 51.7. The molecule has 5 heteroatoms. The fourth-order valence-electron chi connectivity index (χ4n) is 9.10. The van der Waals surface area contributed by atoms with Crippen molar-refractivity contribution >= 4 is 5.91 Å². The van der Waals surface area contributed by atoms with Gasteiger partial charge in [0, 0.05) is 0 Å². The number of hydrogen-bond acceptors (Lipinski definition) is 4. The lowest BCUT2D eigenvalue weighted by atomic mass is 10.0. The minimum absolute atomic E-state index is 0.00616. The molecule has 0 radical (unpaired) electrons. The first-order chi connectivity index (χ1) is 32.5. The summed E-state index contributed by atoms with van der Waals surface area (Å²) in [5.74, 6) is -0.323. The summed E-state index contributed by atoms with van der Waals surface area (Å²) < 4.78 is 0. The molecule has 0 saturated heterocycles. The number of aliphatic hydroxyl groups is 3. The van der Waals surface area contributed by atoms with Crippen LogP contribution in [0.3, 0.4) is 0 Å². The topological polar surface area (TPSA) is 89.8 Å². The van der Waals surface area contributed by atoms with Crippen molar-refractivity contribution in [2.45, 2.75) is 327 Å². The molecule has 0 aliphatic carbocycles. The molecular formula is C61H115NO4. The van der Waals surface area contributed by atoms with Gasteiger partial charge in [-0.05, 0) is 64.2 Å². The van der Waals surface area contributed by atoms with Crippen molar-refractivity contribution in [1.29, 1.82) is 0 Å². The highest BCUT2D eigenvalue weighted by atomic mass is 16.3. The van der Waals surface area contributed by atoms with E-state index in [1.807, 2.05) is 6.08 Å². The molecule has 388 valence electrons. The Hall–Kier alpha value is -1.69. The van der Waals surface area contributed by atoms with Crippen LogP contribution in [0.25, 0.3) is 0 Å². The smallest absolute Gasteiger partial charge is 0.222 e. The highest BCUT2D eigenvalue weighted by Crippen LogP contribution is 2.17. The van der Waals surface area contributed by atoms with Gasteiger partial charge >= 0.3 is 0 Å². The van der Waals surface area contributed by atoms with Crippen LogP contribution >= 0.6 is 0 Å². The average molecular weight is 927 g/mol. The van der Waals surface area contributed by atoms with Gasteiger partial charge < -0.3 is 20.6 Å². The number of rotatable bonds is 54. The monoisotopic (exact) mass is 926 g/mol. The number of carbonyl (C=O) groups excluding carboxylic acids is 1. The molecule has 66 heavy (non-hydrogen) atoms. The molecule has 0 heterocycles. The predicted octanol–water partition coefficient (Wildman–Crippen LogP) is 18.4. The highest BCUT2D eigenvalue weighted by molar-refractivity contribution is 5.76. The zero-order valence-corrected chi connectivity index (χ0v) is 44.3. The van der Waals surface area contributed by atoms with Crippen molar-refractivity contribution in [3.8, 4) is 0 Å². The van der Waals surface area contributed by atoms with Gasteiger partial charge in [-0.15, -0.1) is 0 Å². The molecular weight excluding hydrogens is 811 g/mol. The second-order valence-corrected chi connectivity index (χ2v) is 20.2. The summed E-state index contributed by atoms with van der Waals surface area (Å²) in [7, 11) is 0. The van der Waals surface area contributed by atoms with Crippen LogP contribution in [0.1, 0.15) is 309 Å². The van der Waals surface area contributed by atoms with Crippen molar-refractivity contribution in [3.05, 3.63) is 48.6 Å². The van der Waals surface area contributed by atoms with Crippen molar-refractivity contribution in [3.63, 3.8) is 0 Å². The Labute approximate surface area is 412 Å². The number of carbonyl (C=O) groups is 1. The van der Waals surface area contributed by atoms with E-state index in [9.17, 15) is 20.1 Å². The quantitative estimate of drug-likeness (QED) is 0.0361. The Morgan fingerprint density at radius 1 is 0.394 bits per heavy atom. The van der Waals surface area contributed by atoms with Gasteiger partial charge in [-0.25, -0.2) is 0 Å². The van der Waals surface area contributed by atoms with E-state index in [4.69, 9.17) is 0 Å². The zero-order valence-electron chi connectivity index (χ0n) is 44.3. The summed E-state index contributed by atoms with van der Waals surface area (Å²) in [5.41, 5.74) is 0. The Kier molecular flexibility index (Phi) is 54.5. The van der Waals surface area contributed by atoms with E-state index in [1.165, 1.54) is 244 Å². The summed E-state index contributed by atoms with van der Waals surface area (Å²) in [5, 5.41) is 33.4. The van der Waals surface area contributed by atoms with Gasteiger partial charge in [-0.3, -0.25) is 4.79 Å². The van der Waals surface area contributed by atoms with Crippen molar-refractivity contribution in [1.82, 2.24) is 5.32 Å². The van der Waals surface area contributed by atoms with Crippen LogP contribution in [0, 0.1) is 0 Å². The van der Waals surface area contributed by atoms with Gasteiger partial charge in [0.25, 0.3) is 0 Å². The molecule has 5 nitrogen and oxygen atoms in total. The molecule has 0 aliphatic rings. The predicted molar refractivity (Wildman–Crippen MR) is 291 cm³/mol. The molecule has 0 aliphatic heterocycles. The average Bonchev–Trinajstić information content (AvgIpc) is 3.31. The third-order valence-corrected chi connectivity index (χ3v) is 13.6. The van der Waals surface area contributed by atoms with E-state index < -0.39 is 18.2 Å². The molecule has 0 aromatic rings. The van der Waals surface area contributed by atoms with E-state index >= 15 is 0 Å². The van der Waals surface area contributed by atoms with Crippen molar-refractivity contribution < 1.29 is 20.1 Å². The van der Waals surface area contributed by atoms with Crippen LogP contribution in [-0.2, 0) is 4.79 Å². The number of unbranched alkanes of at least 4 members (excludes halogenated alkanes) is 39. The maximum Gasteiger partial charge on any atom is 0.222 e. The van der Waals surface area contributed by atoms with Crippen LogP contribution in [0.5, 0.6) is 0 Å². The molecule has 0 saturated carbocycles. The lowest BCUT2D eigenvalue weighted by molar-refractivity contribution is -0.124. The Balaban J connectivity index is 3.53. The van der Waals surface area contributed by atoms with E-state index in [-0.39, 0.29) is 18.9 Å². The van der Waals surface area contributed by atoms with Crippen LogP contribution in [0.15, 0.2) is 48.6 Å². The largest absolute Gasteiger partial charge is 0.394 e. The van der Waals surface area contributed by atoms with Crippen LogP contribution < -0.4 is 5.32 Å². The van der Waals surface area contributed by atoms with Gasteiger partial charge in [-0.2, -0.15) is 0 Å². The van der Waals surface area contributed by atoms with Gasteiger partial charge in [0.05, 0.1) is 31.3 Å². The Morgan fingerprint density at radius 3 is 1.06 bits per heavy atom. The molecule has 0 fully saturated rings. The first kappa shape index (κ1) is 64.3.